The Hall–Kier alpha value is -4.03. The zero-order chi connectivity index (χ0) is 22.2. The molecule has 0 saturated heterocycles. The number of furan rings is 1. The van der Waals surface area contributed by atoms with E-state index in [0.717, 1.165) is 10.9 Å². The Morgan fingerprint density at radius 2 is 1.84 bits per heavy atom. The van der Waals surface area contributed by atoms with E-state index in [1.54, 1.807) is 54.6 Å². The van der Waals surface area contributed by atoms with Crippen molar-refractivity contribution in [2.45, 2.75) is 0 Å². The Morgan fingerprint density at radius 3 is 2.62 bits per heavy atom. The van der Waals surface area contributed by atoms with Gasteiger partial charge < -0.3 is 18.6 Å². The number of benzene rings is 3. The van der Waals surface area contributed by atoms with Crippen LogP contribution in [0.1, 0.15) is 26.5 Å². The van der Waals surface area contributed by atoms with Crippen molar-refractivity contribution in [1.29, 1.82) is 0 Å². The van der Waals surface area contributed by atoms with E-state index in [1.807, 2.05) is 6.07 Å². The number of ether oxygens (including phenoxy) is 3. The molecular weight excluding hydrogens is 432 g/mol. The molecule has 1 aliphatic rings. The zero-order valence-corrected chi connectivity index (χ0v) is 17.5. The topological polar surface area (TPSA) is 75.0 Å². The van der Waals surface area contributed by atoms with Crippen molar-refractivity contribution in [3.05, 3.63) is 94.4 Å². The third-order valence-electron chi connectivity index (χ3n) is 4.95. The first-order valence-corrected chi connectivity index (χ1v) is 10.0. The monoisotopic (exact) mass is 446 g/mol. The molecule has 4 aromatic rings. The van der Waals surface area contributed by atoms with Crippen LogP contribution in [0.3, 0.4) is 0 Å². The molecule has 7 heteroatoms. The minimum Gasteiger partial charge on any atom is -0.493 e. The summed E-state index contributed by atoms with van der Waals surface area (Å²) in [5, 5.41) is 1.32. The molecule has 5 rings (SSSR count). The van der Waals surface area contributed by atoms with Crippen LogP contribution in [0.5, 0.6) is 17.2 Å². The van der Waals surface area contributed by atoms with Gasteiger partial charge in [0.2, 0.25) is 11.5 Å². The van der Waals surface area contributed by atoms with Gasteiger partial charge in [0.05, 0.1) is 12.7 Å². The second kappa shape index (κ2) is 7.90. The van der Waals surface area contributed by atoms with Crippen molar-refractivity contribution in [3.8, 4) is 17.2 Å². The van der Waals surface area contributed by atoms with Gasteiger partial charge in [-0.05, 0) is 48.0 Å². The zero-order valence-electron chi connectivity index (χ0n) is 16.8. The molecule has 3 aromatic carbocycles. The number of hydrogen-bond donors (Lipinski definition) is 0. The van der Waals surface area contributed by atoms with Gasteiger partial charge in [-0.25, -0.2) is 4.79 Å². The van der Waals surface area contributed by atoms with Crippen molar-refractivity contribution in [2.75, 3.05) is 7.11 Å². The SMILES string of the molecule is COc1cccc2cc(C(=O)Oc3ccc4c(c3)O/C(=C\c3ccc(Cl)cc3)C4=O)oc12. The van der Waals surface area contributed by atoms with Crippen LogP contribution in [0.25, 0.3) is 17.0 Å². The van der Waals surface area contributed by atoms with Gasteiger partial charge in [0, 0.05) is 16.5 Å². The fourth-order valence-electron chi connectivity index (χ4n) is 3.40. The molecule has 0 radical (unpaired) electrons. The van der Waals surface area contributed by atoms with Gasteiger partial charge in [-0.1, -0.05) is 35.9 Å². The van der Waals surface area contributed by atoms with Crippen molar-refractivity contribution >= 4 is 40.4 Å². The largest absolute Gasteiger partial charge is 0.493 e. The second-order valence-electron chi connectivity index (χ2n) is 7.03. The van der Waals surface area contributed by atoms with E-state index in [4.69, 9.17) is 30.2 Å². The van der Waals surface area contributed by atoms with Gasteiger partial charge >= 0.3 is 5.97 Å². The molecule has 6 nitrogen and oxygen atoms in total. The van der Waals surface area contributed by atoms with E-state index >= 15 is 0 Å². The number of methoxy groups -OCH3 is 1. The highest BCUT2D eigenvalue weighted by Gasteiger charge is 2.28. The molecular formula is C25H15ClO6. The maximum Gasteiger partial charge on any atom is 0.379 e. The average Bonchev–Trinajstić information content (AvgIpc) is 3.36. The molecule has 0 fully saturated rings. The molecule has 1 aliphatic heterocycles. The van der Waals surface area contributed by atoms with Crippen molar-refractivity contribution in [1.82, 2.24) is 0 Å². The maximum absolute atomic E-state index is 12.6. The third kappa shape index (κ3) is 3.61. The van der Waals surface area contributed by atoms with Gasteiger partial charge in [-0.3, -0.25) is 4.79 Å². The number of carbonyl (C=O) groups excluding carboxylic acids is 2. The Bertz CT molecular complexity index is 1400. The highest BCUT2D eigenvalue weighted by molar-refractivity contribution is 6.30. The summed E-state index contributed by atoms with van der Waals surface area (Å²) in [6.45, 7) is 0. The predicted molar refractivity (Wildman–Crippen MR) is 119 cm³/mol. The molecule has 0 bridgehead atoms. The lowest BCUT2D eigenvalue weighted by atomic mass is 10.1. The predicted octanol–water partition coefficient (Wildman–Crippen LogP) is 5.93. The fraction of sp³-hybridized carbons (Fsp3) is 0.0400. The van der Waals surface area contributed by atoms with Gasteiger partial charge in [0.1, 0.15) is 11.5 Å². The lowest BCUT2D eigenvalue weighted by Gasteiger charge is -2.04. The number of esters is 1. The summed E-state index contributed by atoms with van der Waals surface area (Å²) >= 11 is 5.90. The van der Waals surface area contributed by atoms with Crippen LogP contribution < -0.4 is 14.2 Å². The first-order valence-electron chi connectivity index (χ1n) is 9.64. The van der Waals surface area contributed by atoms with Crippen molar-refractivity contribution < 1.29 is 28.2 Å². The van der Waals surface area contributed by atoms with Crippen LogP contribution in [0.4, 0.5) is 0 Å². The highest BCUT2D eigenvalue weighted by Crippen LogP contribution is 2.35. The number of fused-ring (bicyclic) bond motifs is 2. The Morgan fingerprint density at radius 1 is 1.03 bits per heavy atom. The van der Waals surface area contributed by atoms with Crippen LogP contribution in [-0.2, 0) is 0 Å². The molecule has 0 aliphatic carbocycles. The molecule has 0 atom stereocenters. The summed E-state index contributed by atoms with van der Waals surface area (Å²) in [6.07, 6.45) is 1.63. The molecule has 0 amide bonds. The summed E-state index contributed by atoms with van der Waals surface area (Å²) in [5.41, 5.74) is 1.62. The van der Waals surface area contributed by atoms with Crippen molar-refractivity contribution in [3.63, 3.8) is 0 Å². The molecule has 0 unspecified atom stereocenters. The Labute approximate surface area is 187 Å². The van der Waals surface area contributed by atoms with Crippen molar-refractivity contribution in [2.24, 2.45) is 0 Å². The standard InChI is InChI=1S/C25H15ClO6/c1-29-19-4-2-3-15-12-22(32-24(15)19)25(28)30-17-9-10-18-20(13-17)31-21(23(18)27)11-14-5-7-16(26)8-6-14/h2-13H,1H3/b21-11-. The second-order valence-corrected chi connectivity index (χ2v) is 7.46. The van der Waals surface area contributed by atoms with E-state index in [1.165, 1.54) is 19.2 Å². The lowest BCUT2D eigenvalue weighted by molar-refractivity contribution is 0.0703. The molecule has 0 spiro atoms. The molecule has 32 heavy (non-hydrogen) atoms. The molecule has 1 aromatic heterocycles. The Balaban J connectivity index is 1.37. The highest BCUT2D eigenvalue weighted by atomic mass is 35.5. The Kier molecular flexibility index (Phi) is 4.92. The van der Waals surface area contributed by atoms with Gasteiger partial charge in [0.25, 0.3) is 0 Å². The minimum atomic E-state index is -0.676. The van der Waals surface area contributed by atoms with Gasteiger partial charge in [-0.15, -0.1) is 0 Å². The number of allylic oxidation sites excluding steroid dienone is 1. The van der Waals surface area contributed by atoms with Crippen LogP contribution in [0, 0.1) is 0 Å². The summed E-state index contributed by atoms with van der Waals surface area (Å²) < 4.78 is 22.0. The van der Waals surface area contributed by atoms with Gasteiger partial charge in [-0.2, -0.15) is 0 Å². The number of carbonyl (C=O) groups is 2. The quantitative estimate of drug-likeness (QED) is 0.220. The molecule has 0 N–H and O–H groups in total. The van der Waals surface area contributed by atoms with Crippen LogP contribution >= 0.6 is 11.6 Å². The van der Waals surface area contributed by atoms with E-state index in [2.05, 4.69) is 0 Å². The first-order chi connectivity index (χ1) is 15.5. The fourth-order valence-corrected chi connectivity index (χ4v) is 3.52. The number of para-hydroxylation sites is 1. The maximum atomic E-state index is 12.6. The van der Waals surface area contributed by atoms with E-state index in [0.29, 0.717) is 27.7 Å². The van der Waals surface area contributed by atoms with Crippen LogP contribution in [0.15, 0.2) is 76.9 Å². The van der Waals surface area contributed by atoms with E-state index in [9.17, 15) is 9.59 Å². The number of hydrogen-bond acceptors (Lipinski definition) is 6. The molecule has 158 valence electrons. The minimum absolute atomic E-state index is 0.0327. The third-order valence-corrected chi connectivity index (χ3v) is 5.20. The number of ketones is 1. The molecule has 0 saturated carbocycles. The normalized spacial score (nSPS) is 13.8. The van der Waals surface area contributed by atoms with Crippen LogP contribution in [0.2, 0.25) is 5.02 Å². The average molecular weight is 447 g/mol. The summed E-state index contributed by atoms with van der Waals surface area (Å²) in [5.74, 6) is 0.335. The lowest BCUT2D eigenvalue weighted by Crippen LogP contribution is -2.07. The number of Topliss-reactive ketones (excluding diaryl/α,β-unsaturated/α-hetero) is 1. The number of halogens is 1. The first kappa shape index (κ1) is 19.9. The summed E-state index contributed by atoms with van der Waals surface area (Å²) in [4.78, 5) is 25.2. The van der Waals surface area contributed by atoms with Crippen LogP contribution in [-0.4, -0.2) is 18.9 Å². The summed E-state index contributed by atoms with van der Waals surface area (Å²) in [7, 11) is 1.52. The van der Waals surface area contributed by atoms with Gasteiger partial charge in [0.15, 0.2) is 17.1 Å². The molecule has 2 heterocycles. The number of rotatable bonds is 4. The van der Waals surface area contributed by atoms with E-state index < -0.39 is 5.97 Å². The summed E-state index contributed by atoms with van der Waals surface area (Å²) in [6, 6.07) is 18.5. The van der Waals surface area contributed by atoms with E-state index in [-0.39, 0.29) is 23.1 Å². The smallest absolute Gasteiger partial charge is 0.379 e.